The van der Waals surface area contributed by atoms with Crippen LogP contribution in [-0.2, 0) is 4.74 Å². The van der Waals surface area contributed by atoms with Crippen molar-refractivity contribution in [2.75, 3.05) is 0 Å². The molecular formula is C9H12N2O3S. The van der Waals surface area contributed by atoms with Gasteiger partial charge in [-0.15, -0.1) is 11.3 Å². The van der Waals surface area contributed by atoms with Crippen LogP contribution in [0.2, 0.25) is 0 Å². The third-order valence-corrected chi connectivity index (χ3v) is 2.18. The molecule has 82 valence electrons. The number of amides is 1. The van der Waals surface area contributed by atoms with Crippen LogP contribution in [0.4, 0.5) is 0 Å². The summed E-state index contributed by atoms with van der Waals surface area (Å²) in [6, 6.07) is 0. The summed E-state index contributed by atoms with van der Waals surface area (Å²) in [5.41, 5.74) is 4.55. The molecule has 0 fully saturated rings. The van der Waals surface area contributed by atoms with E-state index >= 15 is 0 Å². The quantitative estimate of drug-likeness (QED) is 0.771. The molecule has 1 rings (SSSR count). The average molecular weight is 228 g/mol. The van der Waals surface area contributed by atoms with E-state index < -0.39 is 17.5 Å². The second-order valence-electron chi connectivity index (χ2n) is 3.90. The fraction of sp³-hybridized carbons (Fsp3) is 0.444. The molecule has 1 aromatic heterocycles. The van der Waals surface area contributed by atoms with Gasteiger partial charge in [0.15, 0.2) is 10.7 Å². The number of ether oxygens (including phenoxy) is 1. The van der Waals surface area contributed by atoms with Crippen molar-refractivity contribution in [3.05, 3.63) is 16.1 Å². The molecule has 15 heavy (non-hydrogen) atoms. The Labute approximate surface area is 91.3 Å². The minimum atomic E-state index is -0.644. The van der Waals surface area contributed by atoms with Gasteiger partial charge in [0.05, 0.1) is 0 Å². The molecule has 5 nitrogen and oxygen atoms in total. The number of nitrogens with zero attached hydrogens (tertiary/aromatic N) is 1. The summed E-state index contributed by atoms with van der Waals surface area (Å²) in [5.74, 6) is -1.19. The molecule has 2 N–H and O–H groups in total. The van der Waals surface area contributed by atoms with Crippen molar-refractivity contribution < 1.29 is 14.3 Å². The third-order valence-electron chi connectivity index (χ3n) is 1.32. The number of hydrogen-bond acceptors (Lipinski definition) is 5. The molecule has 0 saturated heterocycles. The van der Waals surface area contributed by atoms with Crippen molar-refractivity contribution in [3.63, 3.8) is 0 Å². The average Bonchev–Trinajstić information content (AvgIpc) is 2.47. The van der Waals surface area contributed by atoms with Crippen molar-refractivity contribution in [2.24, 2.45) is 5.73 Å². The first kappa shape index (κ1) is 11.6. The number of carbonyl (C=O) groups is 2. The zero-order valence-corrected chi connectivity index (χ0v) is 9.55. The predicted octanol–water partition coefficient (Wildman–Crippen LogP) is 1.20. The van der Waals surface area contributed by atoms with Gasteiger partial charge in [-0.2, -0.15) is 0 Å². The molecule has 0 aliphatic rings. The maximum absolute atomic E-state index is 11.5. The van der Waals surface area contributed by atoms with Crippen LogP contribution in [0.3, 0.4) is 0 Å². The number of carbonyl (C=O) groups excluding carboxylic acids is 2. The SMILES string of the molecule is CC(C)(C)OC(=O)c1csc(C(N)=O)n1. The van der Waals surface area contributed by atoms with Crippen LogP contribution < -0.4 is 5.73 Å². The molecule has 1 aromatic rings. The lowest BCUT2D eigenvalue weighted by molar-refractivity contribution is 0.00637. The van der Waals surface area contributed by atoms with Crippen molar-refractivity contribution >= 4 is 23.2 Å². The minimum absolute atomic E-state index is 0.107. The van der Waals surface area contributed by atoms with E-state index in [2.05, 4.69) is 4.98 Å². The Morgan fingerprint density at radius 3 is 2.47 bits per heavy atom. The number of esters is 1. The van der Waals surface area contributed by atoms with Gasteiger partial charge in [0.2, 0.25) is 0 Å². The van der Waals surface area contributed by atoms with Crippen LogP contribution in [0.25, 0.3) is 0 Å². The van der Waals surface area contributed by atoms with Gasteiger partial charge in [0.1, 0.15) is 5.60 Å². The summed E-state index contributed by atoms with van der Waals surface area (Å²) in [5, 5.41) is 1.56. The van der Waals surface area contributed by atoms with Crippen molar-refractivity contribution in [1.82, 2.24) is 4.98 Å². The highest BCUT2D eigenvalue weighted by Gasteiger charge is 2.20. The smallest absolute Gasteiger partial charge is 0.358 e. The highest BCUT2D eigenvalue weighted by Crippen LogP contribution is 2.14. The minimum Gasteiger partial charge on any atom is -0.455 e. The van der Waals surface area contributed by atoms with Gasteiger partial charge < -0.3 is 10.5 Å². The normalized spacial score (nSPS) is 11.1. The number of thiazole rings is 1. The lowest BCUT2D eigenvalue weighted by Crippen LogP contribution is -2.24. The number of rotatable bonds is 2. The van der Waals surface area contributed by atoms with Crippen LogP contribution in [0.15, 0.2) is 5.38 Å². The van der Waals surface area contributed by atoms with Crippen molar-refractivity contribution in [3.8, 4) is 0 Å². The van der Waals surface area contributed by atoms with Gasteiger partial charge in [0, 0.05) is 5.38 Å². The summed E-state index contributed by atoms with van der Waals surface area (Å²) in [4.78, 5) is 26.0. The van der Waals surface area contributed by atoms with E-state index in [1.54, 1.807) is 20.8 Å². The molecule has 0 spiro atoms. The van der Waals surface area contributed by atoms with Crippen LogP contribution in [0.5, 0.6) is 0 Å². The van der Waals surface area contributed by atoms with Gasteiger partial charge in [-0.25, -0.2) is 9.78 Å². The predicted molar refractivity (Wildman–Crippen MR) is 55.8 cm³/mol. The zero-order valence-electron chi connectivity index (χ0n) is 8.73. The molecule has 0 saturated carbocycles. The summed E-state index contributed by atoms with van der Waals surface area (Å²) in [6.45, 7) is 5.27. The molecule has 0 aliphatic carbocycles. The first-order valence-corrected chi connectivity index (χ1v) is 5.16. The highest BCUT2D eigenvalue weighted by atomic mass is 32.1. The molecule has 0 aliphatic heterocycles. The molecule has 6 heteroatoms. The van der Waals surface area contributed by atoms with Crippen LogP contribution >= 0.6 is 11.3 Å². The topological polar surface area (TPSA) is 82.3 Å². The number of aromatic nitrogens is 1. The zero-order chi connectivity index (χ0) is 11.6. The Balaban J connectivity index is 2.79. The highest BCUT2D eigenvalue weighted by molar-refractivity contribution is 7.11. The molecule has 0 unspecified atom stereocenters. The summed E-state index contributed by atoms with van der Waals surface area (Å²) in [7, 11) is 0. The van der Waals surface area contributed by atoms with Gasteiger partial charge in [-0.3, -0.25) is 4.79 Å². The van der Waals surface area contributed by atoms with E-state index in [1.165, 1.54) is 5.38 Å². The maximum atomic E-state index is 11.5. The Morgan fingerprint density at radius 2 is 2.07 bits per heavy atom. The number of primary amides is 1. The van der Waals surface area contributed by atoms with Gasteiger partial charge in [-0.1, -0.05) is 0 Å². The van der Waals surface area contributed by atoms with Crippen LogP contribution in [-0.4, -0.2) is 22.5 Å². The molecule has 0 radical (unpaired) electrons. The monoisotopic (exact) mass is 228 g/mol. The Morgan fingerprint density at radius 1 is 1.47 bits per heavy atom. The molecule has 0 atom stereocenters. The second kappa shape index (κ2) is 3.98. The summed E-state index contributed by atoms with van der Waals surface area (Å²) in [6.07, 6.45) is 0. The fourth-order valence-corrected chi connectivity index (χ4v) is 1.45. The maximum Gasteiger partial charge on any atom is 0.358 e. The van der Waals surface area contributed by atoms with E-state index in [4.69, 9.17) is 10.5 Å². The molecular weight excluding hydrogens is 216 g/mol. The van der Waals surface area contributed by atoms with E-state index in [0.29, 0.717) is 0 Å². The molecule has 1 heterocycles. The Hall–Kier alpha value is -1.43. The van der Waals surface area contributed by atoms with Gasteiger partial charge in [-0.05, 0) is 20.8 Å². The van der Waals surface area contributed by atoms with Crippen LogP contribution in [0, 0.1) is 0 Å². The fourth-order valence-electron chi connectivity index (χ4n) is 0.811. The summed E-state index contributed by atoms with van der Waals surface area (Å²) < 4.78 is 5.07. The third kappa shape index (κ3) is 3.32. The molecule has 0 aromatic carbocycles. The van der Waals surface area contributed by atoms with Crippen LogP contribution in [0.1, 0.15) is 41.1 Å². The standard InChI is InChI=1S/C9H12N2O3S/c1-9(2,3)14-8(13)5-4-15-7(11-5)6(10)12/h4H,1-3H3,(H2,10,12). The van der Waals surface area contributed by atoms with E-state index in [1.807, 2.05) is 0 Å². The first-order valence-electron chi connectivity index (χ1n) is 4.28. The lowest BCUT2D eigenvalue weighted by Gasteiger charge is -2.18. The number of hydrogen-bond donors (Lipinski definition) is 1. The van der Waals surface area contributed by atoms with E-state index in [9.17, 15) is 9.59 Å². The molecule has 1 amide bonds. The van der Waals surface area contributed by atoms with Gasteiger partial charge in [0.25, 0.3) is 5.91 Å². The first-order chi connectivity index (χ1) is 6.79. The lowest BCUT2D eigenvalue weighted by atomic mass is 10.2. The van der Waals surface area contributed by atoms with E-state index in [-0.39, 0.29) is 10.7 Å². The Kier molecular flexibility index (Phi) is 3.09. The largest absolute Gasteiger partial charge is 0.455 e. The van der Waals surface area contributed by atoms with Crippen molar-refractivity contribution in [2.45, 2.75) is 26.4 Å². The second-order valence-corrected chi connectivity index (χ2v) is 4.76. The number of nitrogens with two attached hydrogens (primary N) is 1. The Bertz CT molecular complexity index is 392. The van der Waals surface area contributed by atoms with Gasteiger partial charge >= 0.3 is 5.97 Å². The van der Waals surface area contributed by atoms with Crippen molar-refractivity contribution in [1.29, 1.82) is 0 Å². The summed E-state index contributed by atoms with van der Waals surface area (Å²) >= 11 is 1.03. The van der Waals surface area contributed by atoms with E-state index in [0.717, 1.165) is 11.3 Å². The molecule has 0 bridgehead atoms.